The highest BCUT2D eigenvalue weighted by atomic mass is 35.5. The third kappa shape index (κ3) is 3.85. The fourth-order valence-corrected chi connectivity index (χ4v) is 2.51. The van der Waals surface area contributed by atoms with Gasteiger partial charge in [-0.05, 0) is 36.2 Å². The lowest BCUT2D eigenvalue weighted by Crippen LogP contribution is -2.20. The molecule has 0 aliphatic carbocycles. The Balaban J connectivity index is 2.66. The molecule has 0 N–H and O–H groups in total. The lowest BCUT2D eigenvalue weighted by molar-refractivity contribution is -0.143. The third-order valence-electron chi connectivity index (χ3n) is 3.47. The number of hydrogen-bond acceptors (Lipinski definition) is 2. The van der Waals surface area contributed by atoms with E-state index in [9.17, 15) is 18.0 Å². The van der Waals surface area contributed by atoms with E-state index in [0.29, 0.717) is 16.1 Å². The van der Waals surface area contributed by atoms with Crippen molar-refractivity contribution in [2.45, 2.75) is 19.0 Å². The van der Waals surface area contributed by atoms with Crippen molar-refractivity contribution >= 4 is 17.6 Å². The fraction of sp³-hybridized carbons (Fsp3) is 0.235. The van der Waals surface area contributed by atoms with E-state index in [4.69, 9.17) is 16.3 Å². The number of esters is 1. The minimum atomic E-state index is -4.57. The number of aryl methyl sites for hydroxylation is 1. The van der Waals surface area contributed by atoms with Crippen LogP contribution in [0.3, 0.4) is 0 Å². The average Bonchev–Trinajstić information content (AvgIpc) is 2.49. The molecule has 0 aliphatic heterocycles. The van der Waals surface area contributed by atoms with Crippen LogP contribution in [0.2, 0.25) is 5.02 Å². The predicted molar refractivity (Wildman–Crippen MR) is 81.5 cm³/mol. The summed E-state index contributed by atoms with van der Waals surface area (Å²) in [5.74, 6) is -1.93. The maximum atomic E-state index is 13.4. The zero-order chi connectivity index (χ0) is 17.2. The first-order valence-electron chi connectivity index (χ1n) is 6.75. The van der Waals surface area contributed by atoms with Gasteiger partial charge in [0.1, 0.15) is 5.92 Å². The first-order valence-corrected chi connectivity index (χ1v) is 7.13. The first kappa shape index (κ1) is 17.3. The largest absolute Gasteiger partial charge is 0.468 e. The summed E-state index contributed by atoms with van der Waals surface area (Å²) in [5, 5.41) is 0.428. The smallest absolute Gasteiger partial charge is 0.416 e. The number of hydrogen-bond donors (Lipinski definition) is 0. The van der Waals surface area contributed by atoms with Crippen molar-refractivity contribution in [3.8, 4) is 0 Å². The first-order chi connectivity index (χ1) is 10.7. The second-order valence-corrected chi connectivity index (χ2v) is 5.53. The third-order valence-corrected chi connectivity index (χ3v) is 3.72. The van der Waals surface area contributed by atoms with Crippen molar-refractivity contribution < 1.29 is 22.7 Å². The van der Waals surface area contributed by atoms with Gasteiger partial charge in [-0.2, -0.15) is 13.2 Å². The van der Waals surface area contributed by atoms with Gasteiger partial charge in [-0.3, -0.25) is 4.79 Å². The molecule has 0 bridgehead atoms. The van der Waals surface area contributed by atoms with Crippen LogP contribution in [0, 0.1) is 6.92 Å². The molecule has 2 aromatic rings. The van der Waals surface area contributed by atoms with Crippen molar-refractivity contribution in [1.82, 2.24) is 0 Å². The minimum absolute atomic E-state index is 0.141. The zero-order valence-corrected chi connectivity index (χ0v) is 13.2. The number of halogens is 4. The molecule has 0 aromatic heterocycles. The van der Waals surface area contributed by atoms with Crippen LogP contribution in [0.25, 0.3) is 0 Å². The number of carbonyl (C=O) groups is 1. The summed E-state index contributed by atoms with van der Waals surface area (Å²) in [6.07, 6.45) is -4.57. The highest BCUT2D eigenvalue weighted by molar-refractivity contribution is 6.30. The van der Waals surface area contributed by atoms with E-state index in [1.54, 1.807) is 6.92 Å². The average molecular weight is 343 g/mol. The predicted octanol–water partition coefficient (Wildman–Crippen LogP) is 4.97. The topological polar surface area (TPSA) is 26.3 Å². The van der Waals surface area contributed by atoms with Crippen molar-refractivity contribution in [3.05, 3.63) is 69.7 Å². The quantitative estimate of drug-likeness (QED) is 0.736. The Labute approximate surface area is 136 Å². The molecule has 0 saturated heterocycles. The molecule has 2 rings (SSSR count). The molecule has 1 atom stereocenters. The standard InChI is InChI=1S/C17H14ClF3O2/c1-10-3-8-13(14(9-10)17(19,20)21)15(16(22)23-2)11-4-6-12(18)7-5-11/h3-9,15H,1-2H3. The van der Waals surface area contributed by atoms with Gasteiger partial charge in [0, 0.05) is 5.02 Å². The second kappa shape index (κ2) is 6.62. The molecule has 0 radical (unpaired) electrons. The lowest BCUT2D eigenvalue weighted by Gasteiger charge is -2.21. The van der Waals surface area contributed by atoms with Crippen molar-refractivity contribution in [3.63, 3.8) is 0 Å². The summed E-state index contributed by atoms with van der Waals surface area (Å²) >= 11 is 5.80. The summed E-state index contributed by atoms with van der Waals surface area (Å²) in [6.45, 7) is 1.56. The summed E-state index contributed by atoms with van der Waals surface area (Å²) in [6, 6.07) is 9.96. The van der Waals surface area contributed by atoms with E-state index in [1.165, 1.54) is 36.4 Å². The SMILES string of the molecule is COC(=O)C(c1ccc(Cl)cc1)c1ccc(C)cc1C(F)(F)F. The van der Waals surface area contributed by atoms with Crippen LogP contribution in [-0.4, -0.2) is 13.1 Å². The summed E-state index contributed by atoms with van der Waals surface area (Å²) in [5.41, 5.74) is -0.142. The summed E-state index contributed by atoms with van der Waals surface area (Å²) in [7, 11) is 1.15. The minimum Gasteiger partial charge on any atom is -0.468 e. The molecule has 2 nitrogen and oxygen atoms in total. The number of alkyl halides is 3. The zero-order valence-electron chi connectivity index (χ0n) is 12.4. The van der Waals surface area contributed by atoms with E-state index in [-0.39, 0.29) is 5.56 Å². The number of rotatable bonds is 3. The monoisotopic (exact) mass is 342 g/mol. The van der Waals surface area contributed by atoms with E-state index in [0.717, 1.165) is 13.2 Å². The van der Waals surface area contributed by atoms with Gasteiger partial charge in [-0.1, -0.05) is 41.4 Å². The van der Waals surface area contributed by atoms with Gasteiger partial charge in [0.2, 0.25) is 0 Å². The summed E-state index contributed by atoms with van der Waals surface area (Å²) < 4.78 is 44.8. The number of carbonyl (C=O) groups excluding carboxylic acids is 1. The molecule has 0 heterocycles. The number of ether oxygens (including phenoxy) is 1. The molecule has 0 aliphatic rings. The second-order valence-electron chi connectivity index (χ2n) is 5.10. The molecule has 122 valence electrons. The maximum absolute atomic E-state index is 13.4. The fourth-order valence-electron chi connectivity index (χ4n) is 2.38. The molecule has 0 amide bonds. The van der Waals surface area contributed by atoms with Crippen molar-refractivity contribution in [2.24, 2.45) is 0 Å². The van der Waals surface area contributed by atoms with Gasteiger partial charge < -0.3 is 4.74 Å². The normalized spacial score (nSPS) is 12.8. The molecule has 0 saturated carbocycles. The van der Waals surface area contributed by atoms with Gasteiger partial charge in [-0.25, -0.2) is 0 Å². The van der Waals surface area contributed by atoms with E-state index >= 15 is 0 Å². The Hall–Kier alpha value is -2.01. The van der Waals surface area contributed by atoms with Gasteiger partial charge in [0.15, 0.2) is 0 Å². The highest BCUT2D eigenvalue weighted by Crippen LogP contribution is 2.38. The van der Waals surface area contributed by atoms with Gasteiger partial charge in [-0.15, -0.1) is 0 Å². The van der Waals surface area contributed by atoms with E-state index in [1.807, 2.05) is 0 Å². The lowest BCUT2D eigenvalue weighted by atomic mass is 9.87. The van der Waals surface area contributed by atoms with Crippen LogP contribution in [0.4, 0.5) is 13.2 Å². The number of methoxy groups -OCH3 is 1. The van der Waals surface area contributed by atoms with Crippen LogP contribution in [-0.2, 0) is 15.7 Å². The number of benzene rings is 2. The van der Waals surface area contributed by atoms with E-state index < -0.39 is 23.6 Å². The van der Waals surface area contributed by atoms with Crippen LogP contribution < -0.4 is 0 Å². The van der Waals surface area contributed by atoms with Crippen LogP contribution in [0.15, 0.2) is 42.5 Å². The molecule has 23 heavy (non-hydrogen) atoms. The molecular formula is C17H14ClF3O2. The molecule has 0 spiro atoms. The Morgan fingerprint density at radius 3 is 2.26 bits per heavy atom. The molecule has 0 fully saturated rings. The van der Waals surface area contributed by atoms with Crippen LogP contribution >= 0.6 is 11.6 Å². The molecular weight excluding hydrogens is 329 g/mol. The Bertz CT molecular complexity index is 709. The van der Waals surface area contributed by atoms with Gasteiger partial charge >= 0.3 is 12.1 Å². The maximum Gasteiger partial charge on any atom is 0.416 e. The Kier molecular flexibility index (Phi) is 5.00. The van der Waals surface area contributed by atoms with Crippen molar-refractivity contribution in [1.29, 1.82) is 0 Å². The molecule has 2 aromatic carbocycles. The van der Waals surface area contributed by atoms with Crippen LogP contribution in [0.5, 0.6) is 0 Å². The van der Waals surface area contributed by atoms with E-state index in [2.05, 4.69) is 0 Å². The Morgan fingerprint density at radius 1 is 1.13 bits per heavy atom. The molecule has 1 unspecified atom stereocenters. The highest BCUT2D eigenvalue weighted by Gasteiger charge is 2.38. The molecule has 6 heteroatoms. The Morgan fingerprint density at radius 2 is 1.74 bits per heavy atom. The van der Waals surface area contributed by atoms with Crippen molar-refractivity contribution in [2.75, 3.05) is 7.11 Å². The van der Waals surface area contributed by atoms with Gasteiger partial charge in [0.25, 0.3) is 0 Å². The van der Waals surface area contributed by atoms with Gasteiger partial charge in [0.05, 0.1) is 12.7 Å². The van der Waals surface area contributed by atoms with Crippen LogP contribution in [0.1, 0.15) is 28.2 Å². The summed E-state index contributed by atoms with van der Waals surface area (Å²) in [4.78, 5) is 12.1.